The van der Waals surface area contributed by atoms with E-state index in [0.29, 0.717) is 12.5 Å². The summed E-state index contributed by atoms with van der Waals surface area (Å²) in [6.07, 6.45) is 2.18. The molecule has 0 bridgehead atoms. The van der Waals surface area contributed by atoms with Crippen molar-refractivity contribution in [2.75, 3.05) is 26.2 Å². The predicted octanol–water partition coefficient (Wildman–Crippen LogP) is 1.39. The average Bonchev–Trinajstić information content (AvgIpc) is 2.44. The summed E-state index contributed by atoms with van der Waals surface area (Å²) in [6, 6.07) is 0.0989. The van der Waals surface area contributed by atoms with E-state index in [2.05, 4.69) is 10.6 Å². The van der Waals surface area contributed by atoms with E-state index in [4.69, 9.17) is 0 Å². The highest BCUT2D eigenvalue weighted by Gasteiger charge is 2.39. The van der Waals surface area contributed by atoms with E-state index in [-0.39, 0.29) is 24.4 Å². The number of piperidine rings is 1. The van der Waals surface area contributed by atoms with Crippen LogP contribution in [0.4, 0.5) is 0 Å². The highest BCUT2D eigenvalue weighted by molar-refractivity contribution is 5.87. The molecule has 1 saturated heterocycles. The number of nitrogens with zero attached hydrogens (tertiary/aromatic N) is 1. The number of hydrogen-bond acceptors (Lipinski definition) is 3. The third-order valence-electron chi connectivity index (χ3n) is 4.32. The quantitative estimate of drug-likeness (QED) is 0.779. The summed E-state index contributed by atoms with van der Waals surface area (Å²) in [6.45, 7) is 12.4. The zero-order chi connectivity index (χ0) is 16.0. The lowest BCUT2D eigenvalue weighted by Crippen LogP contribution is -2.51. The van der Waals surface area contributed by atoms with E-state index in [1.807, 2.05) is 34.6 Å². The second-order valence-electron chi connectivity index (χ2n) is 6.81. The van der Waals surface area contributed by atoms with Crippen LogP contribution in [-0.4, -0.2) is 48.9 Å². The molecule has 1 aliphatic heterocycles. The summed E-state index contributed by atoms with van der Waals surface area (Å²) < 4.78 is 0. The number of likely N-dealkylation sites (N-methyl/N-ethyl adjacent to an activating group) is 1. The van der Waals surface area contributed by atoms with Crippen LogP contribution in [0, 0.1) is 11.3 Å². The van der Waals surface area contributed by atoms with Crippen LogP contribution in [0.2, 0.25) is 0 Å². The molecule has 5 heteroatoms. The largest absolute Gasteiger partial charge is 0.352 e. The molecular formula is C16H31N3O2. The topological polar surface area (TPSA) is 61.4 Å². The monoisotopic (exact) mass is 297 g/mol. The minimum Gasteiger partial charge on any atom is -0.352 e. The van der Waals surface area contributed by atoms with Crippen molar-refractivity contribution in [2.24, 2.45) is 11.3 Å². The third-order valence-corrected chi connectivity index (χ3v) is 4.32. The molecule has 5 nitrogen and oxygen atoms in total. The smallest absolute Gasteiger partial charge is 0.239 e. The van der Waals surface area contributed by atoms with Gasteiger partial charge in [-0.05, 0) is 52.6 Å². The highest BCUT2D eigenvalue weighted by atomic mass is 16.2. The number of carbonyl (C=O) groups excluding carboxylic acids is 2. The molecule has 0 aromatic rings. The molecule has 2 amide bonds. The van der Waals surface area contributed by atoms with Gasteiger partial charge in [0.15, 0.2) is 0 Å². The molecule has 21 heavy (non-hydrogen) atoms. The van der Waals surface area contributed by atoms with E-state index in [1.165, 1.54) is 0 Å². The maximum atomic E-state index is 12.8. The first-order chi connectivity index (χ1) is 9.78. The van der Waals surface area contributed by atoms with Crippen LogP contribution in [-0.2, 0) is 9.59 Å². The van der Waals surface area contributed by atoms with Crippen LogP contribution >= 0.6 is 0 Å². The van der Waals surface area contributed by atoms with Crippen LogP contribution in [0.1, 0.15) is 47.5 Å². The van der Waals surface area contributed by atoms with Gasteiger partial charge in [-0.25, -0.2) is 0 Å². The molecule has 2 N–H and O–H groups in total. The minimum absolute atomic E-state index is 0.0811. The standard InChI is InChI=1S/C16H31N3O2/c1-6-19(11-14(20)18-12(2)3)15(21)16(4,5)13-8-7-9-17-10-13/h12-13,17H,6-11H2,1-5H3,(H,18,20). The van der Waals surface area contributed by atoms with Crippen molar-refractivity contribution in [3.05, 3.63) is 0 Å². The van der Waals surface area contributed by atoms with Gasteiger partial charge in [0.25, 0.3) is 0 Å². The van der Waals surface area contributed by atoms with Crippen molar-refractivity contribution in [3.8, 4) is 0 Å². The maximum absolute atomic E-state index is 12.8. The fourth-order valence-electron chi connectivity index (χ4n) is 2.92. The molecule has 0 aliphatic carbocycles. The van der Waals surface area contributed by atoms with E-state index >= 15 is 0 Å². The van der Waals surface area contributed by atoms with Crippen molar-refractivity contribution in [3.63, 3.8) is 0 Å². The molecule has 1 atom stereocenters. The summed E-state index contributed by atoms with van der Waals surface area (Å²) in [5, 5.41) is 6.22. The first kappa shape index (κ1) is 18.0. The zero-order valence-corrected chi connectivity index (χ0v) is 14.2. The summed E-state index contributed by atoms with van der Waals surface area (Å²) in [7, 11) is 0. The summed E-state index contributed by atoms with van der Waals surface area (Å²) in [4.78, 5) is 26.4. The van der Waals surface area contributed by atoms with Crippen molar-refractivity contribution in [1.82, 2.24) is 15.5 Å². The van der Waals surface area contributed by atoms with Gasteiger partial charge in [-0.3, -0.25) is 9.59 Å². The molecule has 0 saturated carbocycles. The first-order valence-corrected chi connectivity index (χ1v) is 8.08. The Morgan fingerprint density at radius 1 is 1.38 bits per heavy atom. The van der Waals surface area contributed by atoms with Crippen LogP contribution in [0.15, 0.2) is 0 Å². The van der Waals surface area contributed by atoms with Gasteiger partial charge in [-0.2, -0.15) is 0 Å². The number of amides is 2. The number of nitrogens with one attached hydrogen (secondary N) is 2. The average molecular weight is 297 g/mol. The highest BCUT2D eigenvalue weighted by Crippen LogP contribution is 2.33. The van der Waals surface area contributed by atoms with Gasteiger partial charge in [0.05, 0.1) is 6.54 Å². The third kappa shape index (κ3) is 4.99. The van der Waals surface area contributed by atoms with Crippen LogP contribution in [0.25, 0.3) is 0 Å². The Kier molecular flexibility index (Phi) is 6.65. The SMILES string of the molecule is CCN(CC(=O)NC(C)C)C(=O)C(C)(C)C1CCCNC1. The summed E-state index contributed by atoms with van der Waals surface area (Å²) in [5.41, 5.74) is -0.429. The Balaban J connectivity index is 2.69. The molecule has 1 heterocycles. The molecule has 0 aromatic carbocycles. The Morgan fingerprint density at radius 2 is 2.05 bits per heavy atom. The molecule has 122 valence electrons. The van der Waals surface area contributed by atoms with Gasteiger partial charge in [0.2, 0.25) is 11.8 Å². The van der Waals surface area contributed by atoms with Gasteiger partial charge >= 0.3 is 0 Å². The molecular weight excluding hydrogens is 266 g/mol. The van der Waals surface area contributed by atoms with Crippen LogP contribution in [0.3, 0.4) is 0 Å². The molecule has 1 rings (SSSR count). The Bertz CT molecular complexity index is 361. The van der Waals surface area contributed by atoms with Crippen molar-refractivity contribution < 1.29 is 9.59 Å². The van der Waals surface area contributed by atoms with Gasteiger partial charge in [0.1, 0.15) is 0 Å². The van der Waals surface area contributed by atoms with E-state index < -0.39 is 5.41 Å². The lowest BCUT2D eigenvalue weighted by molar-refractivity contribution is -0.146. The van der Waals surface area contributed by atoms with Crippen LogP contribution in [0.5, 0.6) is 0 Å². The molecule has 0 spiro atoms. The molecule has 0 radical (unpaired) electrons. The molecule has 0 aromatic heterocycles. The van der Waals surface area contributed by atoms with Gasteiger partial charge in [0, 0.05) is 18.0 Å². The zero-order valence-electron chi connectivity index (χ0n) is 14.2. The normalized spacial score (nSPS) is 19.4. The fraction of sp³-hybridized carbons (Fsp3) is 0.875. The Hall–Kier alpha value is -1.10. The van der Waals surface area contributed by atoms with Gasteiger partial charge in [-0.15, -0.1) is 0 Å². The first-order valence-electron chi connectivity index (χ1n) is 8.08. The second kappa shape index (κ2) is 7.78. The maximum Gasteiger partial charge on any atom is 0.239 e. The lowest BCUT2D eigenvalue weighted by atomic mass is 9.74. The number of hydrogen-bond donors (Lipinski definition) is 2. The lowest BCUT2D eigenvalue weighted by Gasteiger charge is -2.39. The number of rotatable bonds is 6. The van der Waals surface area contributed by atoms with Gasteiger partial charge in [-0.1, -0.05) is 13.8 Å². The Morgan fingerprint density at radius 3 is 2.52 bits per heavy atom. The van der Waals surface area contributed by atoms with E-state index in [1.54, 1.807) is 4.90 Å². The van der Waals surface area contributed by atoms with E-state index in [9.17, 15) is 9.59 Å². The van der Waals surface area contributed by atoms with E-state index in [0.717, 1.165) is 25.9 Å². The Labute approximate surface area is 128 Å². The van der Waals surface area contributed by atoms with Gasteiger partial charge < -0.3 is 15.5 Å². The minimum atomic E-state index is -0.429. The second-order valence-corrected chi connectivity index (χ2v) is 6.81. The molecule has 1 fully saturated rings. The summed E-state index contributed by atoms with van der Waals surface area (Å²) in [5.74, 6) is 0.330. The molecule has 1 aliphatic rings. The van der Waals surface area contributed by atoms with Crippen LogP contribution < -0.4 is 10.6 Å². The molecule has 1 unspecified atom stereocenters. The number of carbonyl (C=O) groups is 2. The van der Waals surface area contributed by atoms with Crippen molar-refractivity contribution in [1.29, 1.82) is 0 Å². The predicted molar refractivity (Wildman–Crippen MR) is 84.9 cm³/mol. The summed E-state index contributed by atoms with van der Waals surface area (Å²) >= 11 is 0. The fourth-order valence-corrected chi connectivity index (χ4v) is 2.92. The van der Waals surface area contributed by atoms with Crippen molar-refractivity contribution >= 4 is 11.8 Å². The van der Waals surface area contributed by atoms with Crippen molar-refractivity contribution in [2.45, 2.75) is 53.5 Å².